The predicted octanol–water partition coefficient (Wildman–Crippen LogP) is 3.82. The second kappa shape index (κ2) is 8.32. The Morgan fingerprint density at radius 3 is 2.86 bits per heavy atom. The van der Waals surface area contributed by atoms with E-state index in [-0.39, 0.29) is 17.0 Å². The van der Waals surface area contributed by atoms with Crippen LogP contribution in [-0.4, -0.2) is 15.9 Å². The molecule has 0 radical (unpaired) electrons. The van der Waals surface area contributed by atoms with Gasteiger partial charge < -0.3 is 0 Å². The molecule has 22 heavy (non-hydrogen) atoms. The standard InChI is InChI=1S/C16H25ClN4O/c1-3-4-6-12-7-5-8-13(11(12)2)16(22)21-20-15-14(17)18-9-10-19-15/h9-13H,3-8H2,1-2H3,(H,19,20)(H,21,22). The zero-order valence-corrected chi connectivity index (χ0v) is 14.1. The number of nitrogens with one attached hydrogen (secondary N) is 2. The van der Waals surface area contributed by atoms with Crippen LogP contribution in [0.4, 0.5) is 5.82 Å². The maximum absolute atomic E-state index is 12.4. The summed E-state index contributed by atoms with van der Waals surface area (Å²) in [6.45, 7) is 4.42. The summed E-state index contributed by atoms with van der Waals surface area (Å²) in [6, 6.07) is 0. The second-order valence-electron chi connectivity index (χ2n) is 6.11. The van der Waals surface area contributed by atoms with Crippen LogP contribution in [0.2, 0.25) is 5.15 Å². The van der Waals surface area contributed by atoms with Gasteiger partial charge in [0.15, 0.2) is 11.0 Å². The smallest absolute Gasteiger partial charge is 0.241 e. The molecule has 5 nitrogen and oxygen atoms in total. The number of hydrazine groups is 1. The zero-order valence-electron chi connectivity index (χ0n) is 13.3. The van der Waals surface area contributed by atoms with Gasteiger partial charge in [-0.15, -0.1) is 0 Å². The minimum Gasteiger partial charge on any atom is -0.279 e. The molecule has 1 aliphatic rings. The first kappa shape index (κ1) is 17.0. The molecule has 1 aromatic rings. The summed E-state index contributed by atoms with van der Waals surface area (Å²) in [7, 11) is 0. The van der Waals surface area contributed by atoms with E-state index < -0.39 is 0 Å². The number of nitrogens with zero attached hydrogens (tertiary/aromatic N) is 2. The number of rotatable bonds is 6. The van der Waals surface area contributed by atoms with E-state index in [2.05, 4.69) is 34.7 Å². The maximum atomic E-state index is 12.4. The molecule has 1 heterocycles. The number of carbonyl (C=O) groups is 1. The molecule has 3 atom stereocenters. The Balaban J connectivity index is 1.89. The summed E-state index contributed by atoms with van der Waals surface area (Å²) < 4.78 is 0. The molecule has 2 rings (SSSR count). The van der Waals surface area contributed by atoms with Crippen LogP contribution in [0, 0.1) is 17.8 Å². The van der Waals surface area contributed by atoms with E-state index in [1.165, 1.54) is 38.1 Å². The van der Waals surface area contributed by atoms with Gasteiger partial charge in [0.2, 0.25) is 5.91 Å². The number of amides is 1. The van der Waals surface area contributed by atoms with Gasteiger partial charge in [0.1, 0.15) is 0 Å². The number of hydrogen-bond donors (Lipinski definition) is 2. The molecule has 122 valence electrons. The first-order valence-corrected chi connectivity index (χ1v) is 8.53. The fourth-order valence-electron chi connectivity index (χ4n) is 3.32. The highest BCUT2D eigenvalue weighted by Gasteiger charge is 2.34. The number of carbonyl (C=O) groups excluding carboxylic acids is 1. The van der Waals surface area contributed by atoms with Crippen LogP contribution in [0.3, 0.4) is 0 Å². The van der Waals surface area contributed by atoms with Crippen molar-refractivity contribution < 1.29 is 4.79 Å². The summed E-state index contributed by atoms with van der Waals surface area (Å²) in [5.41, 5.74) is 5.52. The predicted molar refractivity (Wildman–Crippen MR) is 88.3 cm³/mol. The van der Waals surface area contributed by atoms with Gasteiger partial charge >= 0.3 is 0 Å². The van der Waals surface area contributed by atoms with Crippen molar-refractivity contribution in [3.8, 4) is 0 Å². The average molecular weight is 325 g/mol. The molecule has 0 bridgehead atoms. The SMILES string of the molecule is CCCCC1CCCC(C(=O)NNc2nccnc2Cl)C1C. The zero-order chi connectivity index (χ0) is 15.9. The monoisotopic (exact) mass is 324 g/mol. The lowest BCUT2D eigenvalue weighted by molar-refractivity contribution is -0.128. The van der Waals surface area contributed by atoms with Gasteiger partial charge in [-0.05, 0) is 18.3 Å². The van der Waals surface area contributed by atoms with E-state index in [0.717, 1.165) is 12.8 Å². The van der Waals surface area contributed by atoms with Crippen molar-refractivity contribution in [2.45, 2.75) is 52.4 Å². The van der Waals surface area contributed by atoms with Crippen molar-refractivity contribution in [1.82, 2.24) is 15.4 Å². The third kappa shape index (κ3) is 4.32. The molecular formula is C16H25ClN4O. The highest BCUT2D eigenvalue weighted by atomic mass is 35.5. The van der Waals surface area contributed by atoms with Gasteiger partial charge in [-0.3, -0.25) is 15.6 Å². The molecule has 1 aromatic heterocycles. The first-order valence-electron chi connectivity index (χ1n) is 8.15. The Labute approximate surface area is 137 Å². The molecule has 6 heteroatoms. The number of unbranched alkanes of at least 4 members (excludes halogenated alkanes) is 1. The van der Waals surface area contributed by atoms with Crippen molar-refractivity contribution >= 4 is 23.3 Å². The minimum absolute atomic E-state index is 0.0235. The summed E-state index contributed by atoms with van der Waals surface area (Å²) in [6.07, 6.45) is 10.1. The van der Waals surface area contributed by atoms with Crippen LogP contribution in [0.15, 0.2) is 12.4 Å². The van der Waals surface area contributed by atoms with Gasteiger partial charge in [0, 0.05) is 18.3 Å². The van der Waals surface area contributed by atoms with Crippen LogP contribution >= 0.6 is 11.6 Å². The molecule has 1 fully saturated rings. The largest absolute Gasteiger partial charge is 0.279 e. The lowest BCUT2D eigenvalue weighted by Gasteiger charge is -2.35. The lowest BCUT2D eigenvalue weighted by atomic mass is 9.71. The highest BCUT2D eigenvalue weighted by Crippen LogP contribution is 2.37. The van der Waals surface area contributed by atoms with Gasteiger partial charge in [0.05, 0.1) is 0 Å². The molecule has 0 saturated heterocycles. The molecule has 2 N–H and O–H groups in total. The van der Waals surface area contributed by atoms with Gasteiger partial charge in [0.25, 0.3) is 0 Å². The Morgan fingerprint density at radius 1 is 1.36 bits per heavy atom. The third-order valence-corrected chi connectivity index (χ3v) is 4.97. The van der Waals surface area contributed by atoms with E-state index >= 15 is 0 Å². The molecule has 1 saturated carbocycles. The third-order valence-electron chi connectivity index (χ3n) is 4.69. The summed E-state index contributed by atoms with van der Waals surface area (Å²) >= 11 is 5.92. The van der Waals surface area contributed by atoms with Crippen molar-refractivity contribution in [1.29, 1.82) is 0 Å². The van der Waals surface area contributed by atoms with Gasteiger partial charge in [-0.2, -0.15) is 0 Å². The van der Waals surface area contributed by atoms with Crippen LogP contribution in [0.5, 0.6) is 0 Å². The molecule has 0 aromatic carbocycles. The van der Waals surface area contributed by atoms with Crippen molar-refractivity contribution in [2.24, 2.45) is 17.8 Å². The van der Waals surface area contributed by atoms with E-state index in [1.54, 1.807) is 0 Å². The van der Waals surface area contributed by atoms with Crippen LogP contribution < -0.4 is 10.9 Å². The Morgan fingerprint density at radius 2 is 2.14 bits per heavy atom. The van der Waals surface area contributed by atoms with Crippen molar-refractivity contribution in [2.75, 3.05) is 5.43 Å². The normalized spacial score (nSPS) is 24.8. The van der Waals surface area contributed by atoms with Crippen LogP contribution in [0.25, 0.3) is 0 Å². The molecule has 0 spiro atoms. The van der Waals surface area contributed by atoms with Crippen LogP contribution in [0.1, 0.15) is 52.4 Å². The van der Waals surface area contributed by atoms with Gasteiger partial charge in [-0.1, -0.05) is 57.6 Å². The quantitative estimate of drug-likeness (QED) is 0.781. The molecule has 0 aliphatic heterocycles. The second-order valence-corrected chi connectivity index (χ2v) is 6.47. The number of hydrogen-bond acceptors (Lipinski definition) is 4. The Bertz CT molecular complexity index is 497. The van der Waals surface area contributed by atoms with E-state index in [9.17, 15) is 4.79 Å². The van der Waals surface area contributed by atoms with Crippen molar-refractivity contribution in [3.05, 3.63) is 17.5 Å². The number of halogens is 1. The molecular weight excluding hydrogens is 300 g/mol. The maximum Gasteiger partial charge on any atom is 0.241 e. The topological polar surface area (TPSA) is 66.9 Å². The lowest BCUT2D eigenvalue weighted by Crippen LogP contribution is -2.41. The van der Waals surface area contributed by atoms with E-state index in [1.807, 2.05) is 0 Å². The highest BCUT2D eigenvalue weighted by molar-refractivity contribution is 6.31. The van der Waals surface area contributed by atoms with E-state index in [0.29, 0.717) is 17.7 Å². The summed E-state index contributed by atoms with van der Waals surface area (Å²) in [4.78, 5) is 20.4. The molecule has 3 unspecified atom stereocenters. The summed E-state index contributed by atoms with van der Waals surface area (Å²) in [5.74, 6) is 1.53. The minimum atomic E-state index is 0.0235. The Kier molecular flexibility index (Phi) is 6.43. The average Bonchev–Trinajstić information content (AvgIpc) is 2.53. The number of aromatic nitrogens is 2. The fraction of sp³-hybridized carbons (Fsp3) is 0.688. The number of anilines is 1. The molecule has 1 aliphatic carbocycles. The van der Waals surface area contributed by atoms with E-state index in [4.69, 9.17) is 11.6 Å². The van der Waals surface area contributed by atoms with Crippen molar-refractivity contribution in [3.63, 3.8) is 0 Å². The Hall–Kier alpha value is -1.36. The fourth-order valence-corrected chi connectivity index (χ4v) is 3.47. The van der Waals surface area contributed by atoms with Gasteiger partial charge in [-0.25, -0.2) is 9.97 Å². The molecule has 1 amide bonds. The summed E-state index contributed by atoms with van der Waals surface area (Å²) in [5, 5.41) is 0.250. The first-order chi connectivity index (χ1) is 10.6. The van der Waals surface area contributed by atoms with Crippen LogP contribution in [-0.2, 0) is 4.79 Å².